The maximum Gasteiger partial charge on any atom is 0.343 e. The van der Waals surface area contributed by atoms with Crippen LogP contribution in [0.5, 0.6) is 11.5 Å². The van der Waals surface area contributed by atoms with Crippen molar-refractivity contribution in [3.63, 3.8) is 0 Å². The first-order valence-corrected chi connectivity index (χ1v) is 8.85. The molecule has 2 aromatic carbocycles. The Hall–Kier alpha value is -3.26. The van der Waals surface area contributed by atoms with E-state index in [1.165, 1.54) is 30.4 Å². The fourth-order valence-corrected chi connectivity index (χ4v) is 2.75. The summed E-state index contributed by atoms with van der Waals surface area (Å²) in [5.41, 5.74) is 2.46. The zero-order valence-corrected chi connectivity index (χ0v) is 15.1. The first kappa shape index (κ1) is 18.5. The number of ether oxygens (including phenoxy) is 2. The van der Waals surface area contributed by atoms with Crippen LogP contribution in [0.25, 0.3) is 0 Å². The van der Waals surface area contributed by atoms with E-state index in [-0.39, 0.29) is 23.6 Å². The number of carbonyl (C=O) groups excluding carboxylic acids is 2. The van der Waals surface area contributed by atoms with Crippen molar-refractivity contribution in [3.8, 4) is 11.5 Å². The summed E-state index contributed by atoms with van der Waals surface area (Å²) in [4.78, 5) is 27.7. The van der Waals surface area contributed by atoms with Gasteiger partial charge in [-0.05, 0) is 30.3 Å². The number of para-hydroxylation sites is 2. The Labute approximate surface area is 158 Å². The molecule has 0 radical (unpaired) electrons. The second-order valence-corrected chi connectivity index (χ2v) is 6.20. The molecule has 6 nitrogen and oxygen atoms in total. The summed E-state index contributed by atoms with van der Waals surface area (Å²) in [5.74, 6) is -1.19. The molecule has 1 heterocycles. The van der Waals surface area contributed by atoms with E-state index in [1.807, 2.05) is 5.38 Å². The average molecular weight is 386 g/mol. The fraction of sp³-hybridized carbons (Fsp3) is 0.105. The molecular weight excluding hydrogens is 371 g/mol. The largest absolute Gasteiger partial charge is 0.483 e. The number of benzene rings is 2. The summed E-state index contributed by atoms with van der Waals surface area (Å²) in [6, 6.07) is 10.3. The number of nitrogens with one attached hydrogen (secondary N) is 1. The van der Waals surface area contributed by atoms with Gasteiger partial charge < -0.3 is 14.8 Å². The molecule has 27 heavy (non-hydrogen) atoms. The monoisotopic (exact) mass is 386 g/mol. The minimum absolute atomic E-state index is 0.0921. The van der Waals surface area contributed by atoms with Crippen LogP contribution in [0.15, 0.2) is 53.4 Å². The van der Waals surface area contributed by atoms with Gasteiger partial charge in [0, 0.05) is 12.3 Å². The second kappa shape index (κ2) is 8.41. The molecule has 0 atom stereocenters. The summed E-state index contributed by atoms with van der Waals surface area (Å²) in [6.07, 6.45) is 0. The second-order valence-electron chi connectivity index (χ2n) is 5.48. The van der Waals surface area contributed by atoms with Crippen LogP contribution in [0.3, 0.4) is 0 Å². The van der Waals surface area contributed by atoms with Crippen molar-refractivity contribution in [2.24, 2.45) is 0 Å². The average Bonchev–Trinajstić information content (AvgIpc) is 3.16. The lowest BCUT2D eigenvalue weighted by Gasteiger charge is -2.11. The topological polar surface area (TPSA) is 77.5 Å². The SMILES string of the molecule is CC(=O)Nc1cc(C(=O)Oc2ccccc2OCc2cscn2)ccc1F. The first-order chi connectivity index (χ1) is 13.0. The number of hydrogen-bond donors (Lipinski definition) is 1. The zero-order chi connectivity index (χ0) is 19.2. The van der Waals surface area contributed by atoms with Crippen LogP contribution in [0.2, 0.25) is 0 Å². The van der Waals surface area contributed by atoms with E-state index in [0.717, 1.165) is 11.8 Å². The first-order valence-electron chi connectivity index (χ1n) is 7.91. The number of halogens is 1. The molecule has 3 rings (SSSR count). The molecule has 0 aliphatic carbocycles. The Morgan fingerprint density at radius 3 is 2.67 bits per heavy atom. The van der Waals surface area contributed by atoms with Gasteiger partial charge in [0.15, 0.2) is 11.5 Å². The van der Waals surface area contributed by atoms with Gasteiger partial charge in [-0.15, -0.1) is 11.3 Å². The summed E-state index contributed by atoms with van der Waals surface area (Å²) in [5, 5.41) is 4.18. The van der Waals surface area contributed by atoms with Gasteiger partial charge in [0.05, 0.1) is 22.5 Å². The van der Waals surface area contributed by atoms with Crippen LogP contribution in [-0.2, 0) is 11.4 Å². The van der Waals surface area contributed by atoms with Crippen LogP contribution in [0.1, 0.15) is 23.0 Å². The van der Waals surface area contributed by atoms with Gasteiger partial charge in [-0.3, -0.25) is 4.79 Å². The molecule has 0 saturated carbocycles. The summed E-state index contributed by atoms with van der Waals surface area (Å²) in [6.45, 7) is 1.49. The van der Waals surface area contributed by atoms with E-state index in [1.54, 1.807) is 29.8 Å². The molecule has 0 bridgehead atoms. The van der Waals surface area contributed by atoms with Gasteiger partial charge in [0.2, 0.25) is 5.91 Å². The third-order valence-corrected chi connectivity index (χ3v) is 4.06. The molecule has 3 aromatic rings. The maximum absolute atomic E-state index is 13.7. The number of esters is 1. The molecule has 0 fully saturated rings. The number of rotatable bonds is 6. The predicted octanol–water partition coefficient (Wildman–Crippen LogP) is 4.04. The molecule has 1 N–H and O–H groups in total. The van der Waals surface area contributed by atoms with E-state index in [4.69, 9.17) is 9.47 Å². The van der Waals surface area contributed by atoms with Crippen LogP contribution in [-0.4, -0.2) is 16.9 Å². The molecule has 0 aliphatic rings. The van der Waals surface area contributed by atoms with Crippen molar-refractivity contribution in [1.29, 1.82) is 0 Å². The number of thiazole rings is 1. The highest BCUT2D eigenvalue weighted by atomic mass is 32.1. The Balaban J connectivity index is 1.75. The highest BCUT2D eigenvalue weighted by Gasteiger charge is 2.15. The van der Waals surface area contributed by atoms with Crippen molar-refractivity contribution in [3.05, 3.63) is 70.4 Å². The lowest BCUT2D eigenvalue weighted by Crippen LogP contribution is -2.12. The van der Waals surface area contributed by atoms with E-state index in [9.17, 15) is 14.0 Å². The molecule has 1 amide bonds. The number of carbonyl (C=O) groups is 2. The number of hydrogen-bond acceptors (Lipinski definition) is 6. The minimum atomic E-state index is -0.702. The molecule has 0 spiro atoms. The Morgan fingerprint density at radius 1 is 1.19 bits per heavy atom. The van der Waals surface area contributed by atoms with Gasteiger partial charge in [-0.1, -0.05) is 12.1 Å². The van der Waals surface area contributed by atoms with Crippen molar-refractivity contribution >= 4 is 28.9 Å². The third kappa shape index (κ3) is 4.89. The number of aromatic nitrogens is 1. The molecule has 0 saturated heterocycles. The zero-order valence-electron chi connectivity index (χ0n) is 14.3. The molecule has 1 aromatic heterocycles. The van der Waals surface area contributed by atoms with Gasteiger partial charge in [-0.2, -0.15) is 0 Å². The number of amides is 1. The third-order valence-electron chi connectivity index (χ3n) is 3.42. The summed E-state index contributed by atoms with van der Waals surface area (Å²) < 4.78 is 24.8. The minimum Gasteiger partial charge on any atom is -0.483 e. The lowest BCUT2D eigenvalue weighted by molar-refractivity contribution is -0.114. The highest BCUT2D eigenvalue weighted by Crippen LogP contribution is 2.28. The smallest absolute Gasteiger partial charge is 0.343 e. The lowest BCUT2D eigenvalue weighted by atomic mass is 10.2. The van der Waals surface area contributed by atoms with E-state index >= 15 is 0 Å². The Morgan fingerprint density at radius 2 is 1.96 bits per heavy atom. The van der Waals surface area contributed by atoms with Crippen molar-refractivity contribution in [2.45, 2.75) is 13.5 Å². The molecule has 8 heteroatoms. The van der Waals surface area contributed by atoms with Crippen molar-refractivity contribution in [1.82, 2.24) is 4.98 Å². The molecule has 0 aliphatic heterocycles. The molecule has 0 unspecified atom stereocenters. The van der Waals surface area contributed by atoms with Gasteiger partial charge in [0.25, 0.3) is 0 Å². The fourth-order valence-electron chi connectivity index (χ4n) is 2.21. The number of anilines is 1. The van der Waals surface area contributed by atoms with Crippen LogP contribution in [0, 0.1) is 5.82 Å². The quantitative estimate of drug-likeness (QED) is 0.511. The van der Waals surface area contributed by atoms with Gasteiger partial charge in [-0.25, -0.2) is 14.2 Å². The number of nitrogens with zero attached hydrogens (tertiary/aromatic N) is 1. The van der Waals surface area contributed by atoms with Gasteiger partial charge in [0.1, 0.15) is 12.4 Å². The predicted molar refractivity (Wildman–Crippen MR) is 98.6 cm³/mol. The highest BCUT2D eigenvalue weighted by molar-refractivity contribution is 7.07. The van der Waals surface area contributed by atoms with Crippen LogP contribution in [0.4, 0.5) is 10.1 Å². The Kier molecular flexibility index (Phi) is 5.77. The van der Waals surface area contributed by atoms with E-state index in [0.29, 0.717) is 5.75 Å². The summed E-state index contributed by atoms with van der Waals surface area (Å²) >= 11 is 1.46. The van der Waals surface area contributed by atoms with Crippen LogP contribution >= 0.6 is 11.3 Å². The normalized spacial score (nSPS) is 10.3. The summed E-state index contributed by atoms with van der Waals surface area (Å²) in [7, 11) is 0. The van der Waals surface area contributed by atoms with Crippen molar-refractivity contribution < 1.29 is 23.5 Å². The van der Waals surface area contributed by atoms with E-state index < -0.39 is 17.7 Å². The standard InChI is InChI=1S/C19H15FN2O4S/c1-12(23)22-16-8-13(6-7-15(16)20)19(24)26-18-5-3-2-4-17(18)25-9-14-10-27-11-21-14/h2-8,10-11H,9H2,1H3,(H,22,23). The Bertz CT molecular complexity index is 960. The maximum atomic E-state index is 13.7. The van der Waals surface area contributed by atoms with Crippen LogP contribution < -0.4 is 14.8 Å². The van der Waals surface area contributed by atoms with Gasteiger partial charge >= 0.3 is 5.97 Å². The van der Waals surface area contributed by atoms with Crippen molar-refractivity contribution in [2.75, 3.05) is 5.32 Å². The molecule has 138 valence electrons. The molecular formula is C19H15FN2O4S. The van der Waals surface area contributed by atoms with E-state index in [2.05, 4.69) is 10.3 Å².